The molecule has 0 saturated carbocycles. The Labute approximate surface area is 102 Å². The Balaban J connectivity index is 2.74. The van der Waals surface area contributed by atoms with Crippen LogP contribution in [0.4, 0.5) is 24.5 Å². The molecular weight excluding hydrogens is 247 g/mol. The van der Waals surface area contributed by atoms with Crippen LogP contribution in [0.25, 0.3) is 0 Å². The third-order valence-electron chi connectivity index (χ3n) is 2.38. The molecule has 0 fully saturated rings. The summed E-state index contributed by atoms with van der Waals surface area (Å²) < 4.78 is 36.1. The van der Waals surface area contributed by atoms with Gasteiger partial charge >= 0.3 is 6.18 Å². The maximum absolute atomic E-state index is 12.0. The first-order chi connectivity index (χ1) is 8.20. The van der Waals surface area contributed by atoms with Crippen LogP contribution in [0.15, 0.2) is 18.2 Å². The van der Waals surface area contributed by atoms with Crippen molar-refractivity contribution in [2.75, 3.05) is 25.1 Å². The molecule has 0 aliphatic heterocycles. The Kier molecular flexibility index (Phi) is 4.05. The number of halogens is 3. The summed E-state index contributed by atoms with van der Waals surface area (Å²) in [6.07, 6.45) is -5.34. The molecule has 0 saturated heterocycles. The number of alkyl halides is 3. The topological polar surface area (TPSA) is 72.3 Å². The summed E-state index contributed by atoms with van der Waals surface area (Å²) in [5.74, 6) is -0.559. The minimum atomic E-state index is -4.29. The molecule has 0 radical (unpaired) electrons. The van der Waals surface area contributed by atoms with E-state index >= 15 is 0 Å². The van der Waals surface area contributed by atoms with Gasteiger partial charge in [0.25, 0.3) is 5.91 Å². The van der Waals surface area contributed by atoms with E-state index in [0.717, 1.165) is 4.90 Å². The van der Waals surface area contributed by atoms with Gasteiger partial charge in [0.15, 0.2) is 0 Å². The van der Waals surface area contributed by atoms with Crippen LogP contribution >= 0.6 is 0 Å². The Hall–Kier alpha value is -1.92. The lowest BCUT2D eigenvalue weighted by Gasteiger charge is -2.19. The average molecular weight is 261 g/mol. The number of nitrogens with zero attached hydrogens (tertiary/aromatic N) is 1. The van der Waals surface area contributed by atoms with Crippen LogP contribution in [-0.4, -0.2) is 30.6 Å². The molecule has 0 unspecified atom stereocenters. The Morgan fingerprint density at radius 3 is 2.44 bits per heavy atom. The molecule has 0 heterocycles. The van der Waals surface area contributed by atoms with Crippen LogP contribution in [0.5, 0.6) is 0 Å². The fourth-order valence-corrected chi connectivity index (χ4v) is 1.38. The summed E-state index contributed by atoms with van der Waals surface area (Å²) in [7, 11) is 1.30. The van der Waals surface area contributed by atoms with Crippen molar-refractivity contribution in [3.8, 4) is 0 Å². The second kappa shape index (κ2) is 5.16. The van der Waals surface area contributed by atoms with Gasteiger partial charge in [0.05, 0.1) is 12.0 Å². The van der Waals surface area contributed by atoms with Gasteiger partial charge in [-0.05, 0) is 18.2 Å². The van der Waals surface area contributed by atoms with Crippen LogP contribution in [-0.2, 0) is 0 Å². The number of nitrogen functional groups attached to an aromatic ring is 2. The molecule has 18 heavy (non-hydrogen) atoms. The second-order valence-electron chi connectivity index (χ2n) is 3.94. The molecule has 0 bridgehead atoms. The summed E-state index contributed by atoms with van der Waals surface area (Å²) in [5, 5.41) is 0. The number of nitrogens with two attached hydrogens (primary N) is 2. The lowest BCUT2D eigenvalue weighted by atomic mass is 10.1. The fourth-order valence-electron chi connectivity index (χ4n) is 1.38. The van der Waals surface area contributed by atoms with E-state index in [4.69, 9.17) is 11.5 Å². The third kappa shape index (κ3) is 3.83. The van der Waals surface area contributed by atoms with E-state index in [1.165, 1.54) is 25.2 Å². The molecule has 4 nitrogen and oxygen atoms in total. The van der Waals surface area contributed by atoms with Crippen molar-refractivity contribution >= 4 is 17.3 Å². The SMILES string of the molecule is CN(CCC(F)(F)F)C(=O)c1ccc(N)cc1N. The maximum Gasteiger partial charge on any atom is 0.390 e. The highest BCUT2D eigenvalue weighted by molar-refractivity contribution is 5.99. The van der Waals surface area contributed by atoms with Gasteiger partial charge in [0, 0.05) is 25.0 Å². The fraction of sp³-hybridized carbons (Fsp3) is 0.364. The lowest BCUT2D eigenvalue weighted by Crippen LogP contribution is -2.31. The van der Waals surface area contributed by atoms with Crippen LogP contribution < -0.4 is 11.5 Å². The van der Waals surface area contributed by atoms with Gasteiger partial charge < -0.3 is 16.4 Å². The lowest BCUT2D eigenvalue weighted by molar-refractivity contribution is -0.136. The van der Waals surface area contributed by atoms with Gasteiger partial charge in [-0.15, -0.1) is 0 Å². The summed E-state index contributed by atoms with van der Waals surface area (Å²) in [5.41, 5.74) is 11.7. The summed E-state index contributed by atoms with van der Waals surface area (Å²) in [6, 6.07) is 4.27. The standard InChI is InChI=1S/C11H14F3N3O/c1-17(5-4-11(12,13)14)10(18)8-3-2-7(15)6-9(8)16/h2-3,6H,4-5,15-16H2,1H3. The van der Waals surface area contributed by atoms with Crippen molar-refractivity contribution in [1.29, 1.82) is 0 Å². The molecule has 1 rings (SSSR count). The van der Waals surface area contributed by atoms with Crippen molar-refractivity contribution in [1.82, 2.24) is 4.90 Å². The summed E-state index contributed by atoms with van der Waals surface area (Å²) in [4.78, 5) is 12.8. The highest BCUT2D eigenvalue weighted by Crippen LogP contribution is 2.21. The maximum atomic E-state index is 12.0. The molecule has 0 spiro atoms. The molecule has 1 aromatic carbocycles. The number of hydrogen-bond acceptors (Lipinski definition) is 3. The van der Waals surface area contributed by atoms with E-state index in [1.54, 1.807) is 0 Å². The van der Waals surface area contributed by atoms with Crippen molar-refractivity contribution in [3.63, 3.8) is 0 Å². The van der Waals surface area contributed by atoms with E-state index in [9.17, 15) is 18.0 Å². The first-order valence-electron chi connectivity index (χ1n) is 5.18. The van der Waals surface area contributed by atoms with Gasteiger partial charge in [0.2, 0.25) is 0 Å². The summed E-state index contributed by atoms with van der Waals surface area (Å²) >= 11 is 0. The molecule has 100 valence electrons. The third-order valence-corrected chi connectivity index (χ3v) is 2.38. The number of carbonyl (C=O) groups is 1. The normalized spacial score (nSPS) is 11.3. The largest absolute Gasteiger partial charge is 0.399 e. The van der Waals surface area contributed by atoms with Crippen molar-refractivity contribution < 1.29 is 18.0 Å². The molecule has 0 atom stereocenters. The molecular formula is C11H14F3N3O. The van der Waals surface area contributed by atoms with Crippen LogP contribution in [0.1, 0.15) is 16.8 Å². The van der Waals surface area contributed by atoms with Crippen LogP contribution in [0.3, 0.4) is 0 Å². The monoisotopic (exact) mass is 261 g/mol. The number of hydrogen-bond donors (Lipinski definition) is 2. The molecule has 1 amide bonds. The average Bonchev–Trinajstić information content (AvgIpc) is 2.24. The zero-order valence-electron chi connectivity index (χ0n) is 9.79. The molecule has 7 heteroatoms. The molecule has 4 N–H and O–H groups in total. The predicted octanol–water partition coefficient (Wildman–Crippen LogP) is 1.88. The second-order valence-corrected chi connectivity index (χ2v) is 3.94. The van der Waals surface area contributed by atoms with Crippen molar-refractivity contribution in [2.45, 2.75) is 12.6 Å². The molecule has 0 aliphatic rings. The number of amides is 1. The van der Waals surface area contributed by atoms with Gasteiger partial charge in [-0.3, -0.25) is 4.79 Å². The number of rotatable bonds is 3. The quantitative estimate of drug-likeness (QED) is 0.816. The Morgan fingerprint density at radius 2 is 1.94 bits per heavy atom. The van der Waals surface area contributed by atoms with Gasteiger partial charge in [-0.2, -0.15) is 13.2 Å². The Bertz CT molecular complexity index is 446. The first-order valence-corrected chi connectivity index (χ1v) is 5.18. The van der Waals surface area contributed by atoms with Gasteiger partial charge in [-0.1, -0.05) is 0 Å². The van der Waals surface area contributed by atoms with Crippen LogP contribution in [0.2, 0.25) is 0 Å². The highest BCUT2D eigenvalue weighted by Gasteiger charge is 2.28. The van der Waals surface area contributed by atoms with E-state index < -0.39 is 25.0 Å². The zero-order chi connectivity index (χ0) is 13.9. The van der Waals surface area contributed by atoms with Gasteiger partial charge in [0.1, 0.15) is 0 Å². The number of benzene rings is 1. The number of anilines is 2. The number of carbonyl (C=O) groups excluding carboxylic acids is 1. The van der Waals surface area contributed by atoms with Crippen LogP contribution in [0, 0.1) is 0 Å². The zero-order valence-corrected chi connectivity index (χ0v) is 9.79. The van der Waals surface area contributed by atoms with E-state index in [1.807, 2.05) is 0 Å². The summed E-state index contributed by atoms with van der Waals surface area (Å²) in [6.45, 7) is -0.411. The van der Waals surface area contributed by atoms with Crippen molar-refractivity contribution in [3.05, 3.63) is 23.8 Å². The Morgan fingerprint density at radius 1 is 1.33 bits per heavy atom. The van der Waals surface area contributed by atoms with E-state index in [0.29, 0.717) is 5.69 Å². The van der Waals surface area contributed by atoms with E-state index in [-0.39, 0.29) is 11.3 Å². The minimum Gasteiger partial charge on any atom is -0.399 e. The smallest absolute Gasteiger partial charge is 0.390 e. The van der Waals surface area contributed by atoms with E-state index in [2.05, 4.69) is 0 Å². The minimum absolute atomic E-state index is 0.147. The molecule has 1 aromatic rings. The first kappa shape index (κ1) is 14.1. The van der Waals surface area contributed by atoms with Gasteiger partial charge in [-0.25, -0.2) is 0 Å². The van der Waals surface area contributed by atoms with Crippen molar-refractivity contribution in [2.24, 2.45) is 0 Å². The molecule has 0 aromatic heterocycles. The predicted molar refractivity (Wildman–Crippen MR) is 62.9 cm³/mol. The highest BCUT2D eigenvalue weighted by atomic mass is 19.4. The molecule has 0 aliphatic carbocycles.